The Balaban J connectivity index is 0.00000264. The smallest absolute Gasteiger partial charge is 0.227 e. The molecule has 1 aromatic rings. The molecule has 0 saturated heterocycles. The van der Waals surface area contributed by atoms with Crippen molar-refractivity contribution in [2.75, 3.05) is 21.1 Å². The van der Waals surface area contributed by atoms with Gasteiger partial charge in [0.15, 0.2) is 0 Å². The summed E-state index contributed by atoms with van der Waals surface area (Å²) in [5.41, 5.74) is 0.833. The normalized spacial score (nSPS) is 21.0. The SMILES string of the molecule is CN(C)[C@H]1CCCC[C@@H]1N(C)C(=O)Cc1ccc(Cl)cc1Cl.Cl. The van der Waals surface area contributed by atoms with Gasteiger partial charge >= 0.3 is 0 Å². The molecule has 0 aliphatic heterocycles. The third-order valence-electron chi connectivity index (χ3n) is 4.60. The number of rotatable bonds is 4. The first kappa shape index (κ1) is 20.6. The zero-order valence-corrected chi connectivity index (χ0v) is 16.2. The van der Waals surface area contributed by atoms with Crippen LogP contribution in [0.25, 0.3) is 0 Å². The van der Waals surface area contributed by atoms with Crippen LogP contribution < -0.4 is 0 Å². The molecule has 130 valence electrons. The first-order valence-corrected chi connectivity index (χ1v) is 8.51. The molecule has 1 saturated carbocycles. The number of carbonyl (C=O) groups is 1. The van der Waals surface area contributed by atoms with Crippen LogP contribution in [-0.4, -0.2) is 48.9 Å². The molecule has 3 nitrogen and oxygen atoms in total. The summed E-state index contributed by atoms with van der Waals surface area (Å²) in [6.07, 6.45) is 4.97. The van der Waals surface area contributed by atoms with Gasteiger partial charge in [0.25, 0.3) is 0 Å². The zero-order chi connectivity index (χ0) is 16.3. The van der Waals surface area contributed by atoms with Crippen LogP contribution in [0.4, 0.5) is 0 Å². The lowest BCUT2D eigenvalue weighted by Gasteiger charge is -2.41. The molecule has 23 heavy (non-hydrogen) atoms. The third-order valence-corrected chi connectivity index (χ3v) is 5.19. The molecule has 0 N–H and O–H groups in total. The van der Waals surface area contributed by atoms with E-state index < -0.39 is 0 Å². The zero-order valence-electron chi connectivity index (χ0n) is 13.9. The van der Waals surface area contributed by atoms with Gasteiger partial charge in [0.05, 0.1) is 6.42 Å². The summed E-state index contributed by atoms with van der Waals surface area (Å²) in [6, 6.07) is 6.01. The fraction of sp³-hybridized carbons (Fsp3) is 0.588. The Morgan fingerprint density at radius 3 is 2.30 bits per heavy atom. The van der Waals surface area contributed by atoms with E-state index in [9.17, 15) is 4.79 Å². The van der Waals surface area contributed by atoms with Crippen molar-refractivity contribution >= 4 is 41.5 Å². The molecule has 0 spiro atoms. The second kappa shape index (κ2) is 9.12. The van der Waals surface area contributed by atoms with Crippen LogP contribution in [0.2, 0.25) is 10.0 Å². The Labute approximate surface area is 155 Å². The molecule has 1 fully saturated rings. The van der Waals surface area contributed by atoms with E-state index in [1.54, 1.807) is 12.1 Å². The summed E-state index contributed by atoms with van der Waals surface area (Å²) in [5, 5.41) is 1.15. The van der Waals surface area contributed by atoms with Crippen molar-refractivity contribution < 1.29 is 4.79 Å². The first-order valence-electron chi connectivity index (χ1n) is 7.76. The summed E-state index contributed by atoms with van der Waals surface area (Å²) in [6.45, 7) is 0. The van der Waals surface area contributed by atoms with Gasteiger partial charge in [-0.05, 0) is 44.6 Å². The molecular weight excluding hydrogens is 355 g/mol. The van der Waals surface area contributed by atoms with Crippen LogP contribution >= 0.6 is 35.6 Å². The second-order valence-corrected chi connectivity index (χ2v) is 7.14. The van der Waals surface area contributed by atoms with Crippen molar-refractivity contribution in [2.24, 2.45) is 0 Å². The van der Waals surface area contributed by atoms with Gasteiger partial charge in [0.2, 0.25) is 5.91 Å². The number of hydrogen-bond acceptors (Lipinski definition) is 2. The van der Waals surface area contributed by atoms with Gasteiger partial charge < -0.3 is 9.80 Å². The monoisotopic (exact) mass is 378 g/mol. The highest BCUT2D eigenvalue weighted by Gasteiger charge is 2.32. The Hall–Kier alpha value is -0.480. The fourth-order valence-electron chi connectivity index (χ4n) is 3.28. The van der Waals surface area contributed by atoms with Crippen molar-refractivity contribution in [3.8, 4) is 0 Å². The maximum atomic E-state index is 12.6. The molecule has 2 rings (SSSR count). The van der Waals surface area contributed by atoms with E-state index in [0.29, 0.717) is 22.5 Å². The molecule has 1 aromatic carbocycles. The average molecular weight is 380 g/mol. The maximum absolute atomic E-state index is 12.6. The standard InChI is InChI=1S/C17H24Cl2N2O.ClH/c1-20(2)15-6-4-5-7-16(15)21(3)17(22)10-12-8-9-13(18)11-14(12)19;/h8-9,11,15-16H,4-7,10H2,1-3H3;1H/t15-,16-;/m0./s1. The number of nitrogens with zero attached hydrogens (tertiary/aromatic N) is 2. The van der Waals surface area contributed by atoms with Gasteiger partial charge in [0, 0.05) is 29.2 Å². The highest BCUT2D eigenvalue weighted by molar-refractivity contribution is 6.35. The maximum Gasteiger partial charge on any atom is 0.227 e. The van der Waals surface area contributed by atoms with Crippen LogP contribution in [0.3, 0.4) is 0 Å². The van der Waals surface area contributed by atoms with E-state index in [1.807, 2.05) is 18.0 Å². The molecule has 1 aliphatic rings. The summed E-state index contributed by atoms with van der Waals surface area (Å²) in [7, 11) is 6.10. The second-order valence-electron chi connectivity index (χ2n) is 6.30. The van der Waals surface area contributed by atoms with Gasteiger partial charge in [-0.25, -0.2) is 0 Å². The lowest BCUT2D eigenvalue weighted by molar-refractivity contribution is -0.133. The molecule has 1 amide bonds. The van der Waals surface area contributed by atoms with Crippen LogP contribution in [0.1, 0.15) is 31.2 Å². The van der Waals surface area contributed by atoms with E-state index in [1.165, 1.54) is 12.8 Å². The van der Waals surface area contributed by atoms with Gasteiger partial charge in [-0.15, -0.1) is 12.4 Å². The molecule has 0 aromatic heterocycles. The molecule has 0 radical (unpaired) electrons. The summed E-state index contributed by atoms with van der Waals surface area (Å²) >= 11 is 12.1. The van der Waals surface area contributed by atoms with Gasteiger partial charge in [-0.3, -0.25) is 4.79 Å². The largest absolute Gasteiger partial charge is 0.341 e. The van der Waals surface area contributed by atoms with Crippen LogP contribution in [0.5, 0.6) is 0 Å². The molecule has 2 atom stereocenters. The Morgan fingerprint density at radius 1 is 1.13 bits per heavy atom. The topological polar surface area (TPSA) is 23.6 Å². The number of carbonyl (C=O) groups excluding carboxylic acids is 1. The van der Waals surface area contributed by atoms with Crippen molar-refractivity contribution in [1.82, 2.24) is 9.80 Å². The van der Waals surface area contributed by atoms with E-state index in [4.69, 9.17) is 23.2 Å². The van der Waals surface area contributed by atoms with Crippen LogP contribution in [0, 0.1) is 0 Å². The highest BCUT2D eigenvalue weighted by atomic mass is 35.5. The van der Waals surface area contributed by atoms with Gasteiger partial charge in [0.1, 0.15) is 0 Å². The predicted molar refractivity (Wildman–Crippen MR) is 99.9 cm³/mol. The minimum absolute atomic E-state index is 0. The minimum atomic E-state index is 0. The van der Waals surface area contributed by atoms with Crippen molar-refractivity contribution in [2.45, 2.75) is 44.2 Å². The lowest BCUT2D eigenvalue weighted by atomic mass is 9.88. The van der Waals surface area contributed by atoms with E-state index in [2.05, 4.69) is 19.0 Å². The molecular formula is C17H25Cl3N2O. The van der Waals surface area contributed by atoms with Crippen LogP contribution in [0.15, 0.2) is 18.2 Å². The van der Waals surface area contributed by atoms with E-state index in [-0.39, 0.29) is 24.4 Å². The van der Waals surface area contributed by atoms with Crippen molar-refractivity contribution in [3.63, 3.8) is 0 Å². The average Bonchev–Trinajstić information content (AvgIpc) is 2.49. The van der Waals surface area contributed by atoms with Gasteiger partial charge in [-0.1, -0.05) is 42.1 Å². The summed E-state index contributed by atoms with van der Waals surface area (Å²) in [4.78, 5) is 16.8. The lowest BCUT2D eigenvalue weighted by Crippen LogP contribution is -2.52. The fourth-order valence-corrected chi connectivity index (χ4v) is 3.76. The first-order chi connectivity index (χ1) is 10.4. The number of hydrogen-bond donors (Lipinski definition) is 0. The highest BCUT2D eigenvalue weighted by Crippen LogP contribution is 2.27. The quantitative estimate of drug-likeness (QED) is 0.779. The molecule has 0 unspecified atom stereocenters. The summed E-state index contributed by atoms with van der Waals surface area (Å²) in [5.74, 6) is 0.114. The molecule has 0 heterocycles. The summed E-state index contributed by atoms with van der Waals surface area (Å²) < 4.78 is 0. The van der Waals surface area contributed by atoms with Crippen molar-refractivity contribution in [3.05, 3.63) is 33.8 Å². The number of amides is 1. The number of benzene rings is 1. The van der Waals surface area contributed by atoms with E-state index >= 15 is 0 Å². The Bertz CT molecular complexity index is 537. The predicted octanol–water partition coefficient (Wildman–Crippen LogP) is 4.29. The molecule has 1 aliphatic carbocycles. The van der Waals surface area contributed by atoms with Crippen molar-refractivity contribution in [1.29, 1.82) is 0 Å². The molecule has 0 bridgehead atoms. The van der Waals surface area contributed by atoms with Gasteiger partial charge in [-0.2, -0.15) is 0 Å². The Morgan fingerprint density at radius 2 is 1.74 bits per heavy atom. The Kier molecular flexibility index (Phi) is 8.15. The molecule has 6 heteroatoms. The number of halogens is 3. The third kappa shape index (κ3) is 5.25. The number of likely N-dealkylation sites (N-methyl/N-ethyl adjacent to an activating group) is 2. The van der Waals surface area contributed by atoms with Crippen LogP contribution in [-0.2, 0) is 11.2 Å². The minimum Gasteiger partial charge on any atom is -0.341 e. The van der Waals surface area contributed by atoms with E-state index in [0.717, 1.165) is 18.4 Å².